The second-order valence-electron chi connectivity index (χ2n) is 6.37. The molecule has 3 heterocycles. The average molecular weight is 389 g/mol. The lowest BCUT2D eigenvalue weighted by molar-refractivity contribution is 0.556. The molecule has 8 heteroatoms. The zero-order valence-electron chi connectivity index (χ0n) is 14.9. The van der Waals surface area contributed by atoms with E-state index in [1.165, 1.54) is 18.0 Å². The number of benzene rings is 2. The molecule has 5 aromatic rings. The van der Waals surface area contributed by atoms with Crippen molar-refractivity contribution in [2.24, 2.45) is 0 Å². The number of thioether (sulfide) groups is 1. The highest BCUT2D eigenvalue weighted by Crippen LogP contribution is 2.24. The second-order valence-corrected chi connectivity index (χ2v) is 7.33. The van der Waals surface area contributed by atoms with Crippen LogP contribution in [0.2, 0.25) is 0 Å². The minimum Gasteiger partial charge on any atom is -0.440 e. The first-order chi connectivity index (χ1) is 13.7. The van der Waals surface area contributed by atoms with Crippen LogP contribution in [0.15, 0.2) is 69.1 Å². The van der Waals surface area contributed by atoms with Crippen LogP contribution in [0.3, 0.4) is 0 Å². The Hall–Kier alpha value is -3.39. The number of oxazole rings is 1. The van der Waals surface area contributed by atoms with Crippen LogP contribution >= 0.6 is 11.8 Å². The average Bonchev–Trinajstić information content (AvgIpc) is 3.30. The highest BCUT2D eigenvalue weighted by Gasteiger charge is 2.13. The van der Waals surface area contributed by atoms with Gasteiger partial charge in [0.15, 0.2) is 16.4 Å². The number of para-hydroxylation sites is 1. The van der Waals surface area contributed by atoms with E-state index in [0.29, 0.717) is 27.8 Å². The molecule has 138 valence electrons. The highest BCUT2D eigenvalue weighted by atomic mass is 32.2. The summed E-state index contributed by atoms with van der Waals surface area (Å²) in [6.45, 7) is 2.02. The van der Waals surface area contributed by atoms with Gasteiger partial charge in [-0.15, -0.1) is 0 Å². The van der Waals surface area contributed by atoms with Crippen LogP contribution in [0.25, 0.3) is 27.8 Å². The highest BCUT2D eigenvalue weighted by molar-refractivity contribution is 7.98. The van der Waals surface area contributed by atoms with E-state index in [4.69, 9.17) is 4.42 Å². The number of rotatable bonds is 4. The van der Waals surface area contributed by atoms with Gasteiger partial charge in [0.2, 0.25) is 5.89 Å². The number of nitrogens with zero attached hydrogens (tertiary/aromatic N) is 4. The fraction of sp³-hybridized carbons (Fsp3) is 0.100. The molecular formula is C20H15N5O2S. The lowest BCUT2D eigenvalue weighted by Crippen LogP contribution is -2.09. The Bertz CT molecular complexity index is 1350. The number of H-pyrrole nitrogens is 1. The maximum absolute atomic E-state index is 12.4. The van der Waals surface area contributed by atoms with Crippen LogP contribution in [-0.4, -0.2) is 24.7 Å². The maximum Gasteiger partial charge on any atom is 0.262 e. The van der Waals surface area contributed by atoms with E-state index >= 15 is 0 Å². The third-order valence-corrected chi connectivity index (χ3v) is 5.19. The fourth-order valence-corrected chi connectivity index (χ4v) is 3.70. The Kier molecular flexibility index (Phi) is 3.98. The fourth-order valence-electron chi connectivity index (χ4n) is 3.00. The molecule has 0 radical (unpaired) electrons. The number of nitrogens with one attached hydrogen (secondary N) is 1. The van der Waals surface area contributed by atoms with E-state index in [-0.39, 0.29) is 5.56 Å². The zero-order chi connectivity index (χ0) is 19.1. The topological polar surface area (TPSA) is 89.6 Å². The zero-order valence-corrected chi connectivity index (χ0v) is 15.7. The van der Waals surface area contributed by atoms with Crippen molar-refractivity contribution in [2.75, 3.05) is 0 Å². The van der Waals surface area contributed by atoms with E-state index in [9.17, 15) is 4.79 Å². The monoisotopic (exact) mass is 389 g/mol. The van der Waals surface area contributed by atoms with Crippen LogP contribution in [0.5, 0.6) is 0 Å². The molecule has 0 aliphatic heterocycles. The van der Waals surface area contributed by atoms with Crippen molar-refractivity contribution in [2.45, 2.75) is 17.8 Å². The van der Waals surface area contributed by atoms with Crippen molar-refractivity contribution in [3.8, 4) is 5.69 Å². The molecule has 7 nitrogen and oxygen atoms in total. The standard InChI is InChI=1S/C20H15N5O2S/c1-12-7-8-16-15(9-12)22-17(27-16)11-28-20-23-18-14(19(26)24-20)10-21-25(18)13-5-3-2-4-6-13/h2-10H,11H2,1H3,(H,23,24,26). The second kappa shape index (κ2) is 6.65. The minimum absolute atomic E-state index is 0.220. The molecular weight excluding hydrogens is 374 g/mol. The van der Waals surface area contributed by atoms with Gasteiger partial charge in [-0.2, -0.15) is 5.10 Å². The number of hydrogen-bond acceptors (Lipinski definition) is 6. The Morgan fingerprint density at radius 2 is 2.00 bits per heavy atom. The molecule has 28 heavy (non-hydrogen) atoms. The Balaban J connectivity index is 1.47. The van der Waals surface area contributed by atoms with Gasteiger partial charge in [-0.3, -0.25) is 4.79 Å². The van der Waals surface area contributed by atoms with Crippen molar-refractivity contribution < 1.29 is 4.42 Å². The van der Waals surface area contributed by atoms with Gasteiger partial charge in [0.05, 0.1) is 17.6 Å². The minimum atomic E-state index is -0.220. The van der Waals surface area contributed by atoms with Gasteiger partial charge in [0.1, 0.15) is 10.9 Å². The van der Waals surface area contributed by atoms with Gasteiger partial charge in [-0.25, -0.2) is 14.6 Å². The number of aromatic amines is 1. The summed E-state index contributed by atoms with van der Waals surface area (Å²) in [5, 5.41) is 5.26. The van der Waals surface area contributed by atoms with E-state index in [1.807, 2.05) is 55.5 Å². The summed E-state index contributed by atoms with van der Waals surface area (Å²) >= 11 is 1.37. The van der Waals surface area contributed by atoms with Gasteiger partial charge in [0, 0.05) is 0 Å². The molecule has 1 N–H and O–H groups in total. The summed E-state index contributed by atoms with van der Waals surface area (Å²) in [5.74, 6) is 1.05. The summed E-state index contributed by atoms with van der Waals surface area (Å²) in [4.78, 5) is 24.3. The van der Waals surface area contributed by atoms with Gasteiger partial charge in [-0.05, 0) is 36.8 Å². The van der Waals surface area contributed by atoms with Gasteiger partial charge in [0.25, 0.3) is 5.56 Å². The SMILES string of the molecule is Cc1ccc2oc(CSc3nc4c(cnn4-c4ccccc4)c(=O)[nH]3)nc2c1. The molecule has 0 spiro atoms. The molecule has 0 atom stereocenters. The van der Waals surface area contributed by atoms with Crippen LogP contribution in [-0.2, 0) is 5.75 Å². The first kappa shape index (κ1) is 16.8. The van der Waals surface area contributed by atoms with Gasteiger partial charge < -0.3 is 9.40 Å². The normalized spacial score (nSPS) is 11.5. The summed E-state index contributed by atoms with van der Waals surface area (Å²) in [5.41, 5.74) is 3.86. The number of fused-ring (bicyclic) bond motifs is 2. The van der Waals surface area contributed by atoms with Crippen molar-refractivity contribution in [3.63, 3.8) is 0 Å². The molecule has 0 bridgehead atoms. The Morgan fingerprint density at radius 3 is 2.86 bits per heavy atom. The third kappa shape index (κ3) is 2.97. The number of aromatic nitrogens is 5. The van der Waals surface area contributed by atoms with Gasteiger partial charge >= 0.3 is 0 Å². The van der Waals surface area contributed by atoms with Crippen molar-refractivity contribution in [1.29, 1.82) is 0 Å². The lowest BCUT2D eigenvalue weighted by atomic mass is 10.2. The number of hydrogen-bond donors (Lipinski definition) is 1. The van der Waals surface area contributed by atoms with Crippen molar-refractivity contribution in [3.05, 3.63) is 76.5 Å². The summed E-state index contributed by atoms with van der Waals surface area (Å²) in [7, 11) is 0. The van der Waals surface area contributed by atoms with Crippen LogP contribution < -0.4 is 5.56 Å². The molecule has 3 aromatic heterocycles. The molecule has 2 aromatic carbocycles. The van der Waals surface area contributed by atoms with E-state index in [1.54, 1.807) is 4.68 Å². The summed E-state index contributed by atoms with van der Waals surface area (Å²) in [6.07, 6.45) is 1.53. The first-order valence-corrected chi connectivity index (χ1v) is 9.68. The quantitative estimate of drug-likeness (QED) is 0.371. The molecule has 0 aliphatic carbocycles. The van der Waals surface area contributed by atoms with E-state index in [2.05, 4.69) is 20.1 Å². The molecule has 0 amide bonds. The summed E-state index contributed by atoms with van der Waals surface area (Å²) < 4.78 is 7.43. The van der Waals surface area contributed by atoms with Crippen LogP contribution in [0.1, 0.15) is 11.5 Å². The molecule has 0 saturated carbocycles. The predicted molar refractivity (Wildman–Crippen MR) is 108 cm³/mol. The summed E-state index contributed by atoms with van der Waals surface area (Å²) in [6, 6.07) is 15.5. The Labute approximate surface area is 163 Å². The van der Waals surface area contributed by atoms with Crippen molar-refractivity contribution in [1.82, 2.24) is 24.7 Å². The maximum atomic E-state index is 12.4. The van der Waals surface area contributed by atoms with E-state index in [0.717, 1.165) is 22.4 Å². The van der Waals surface area contributed by atoms with E-state index < -0.39 is 0 Å². The van der Waals surface area contributed by atoms with Crippen molar-refractivity contribution >= 4 is 33.9 Å². The smallest absolute Gasteiger partial charge is 0.262 e. The van der Waals surface area contributed by atoms with Crippen LogP contribution in [0, 0.1) is 6.92 Å². The predicted octanol–water partition coefficient (Wildman–Crippen LogP) is 3.85. The molecule has 0 unspecified atom stereocenters. The molecule has 0 fully saturated rings. The molecule has 5 rings (SSSR count). The van der Waals surface area contributed by atoms with Crippen LogP contribution in [0.4, 0.5) is 0 Å². The molecule has 0 saturated heterocycles. The lowest BCUT2D eigenvalue weighted by Gasteiger charge is -2.03. The van der Waals surface area contributed by atoms with Gasteiger partial charge in [-0.1, -0.05) is 36.0 Å². The first-order valence-electron chi connectivity index (χ1n) is 8.70. The molecule has 0 aliphatic rings. The largest absolute Gasteiger partial charge is 0.440 e. The Morgan fingerprint density at radius 1 is 1.14 bits per heavy atom. The number of aryl methyl sites for hydroxylation is 1. The third-order valence-electron chi connectivity index (χ3n) is 4.34.